The lowest BCUT2D eigenvalue weighted by atomic mass is 10.00. The Balaban J connectivity index is 1.49. The lowest BCUT2D eigenvalue weighted by Gasteiger charge is -2.16. The van der Waals surface area contributed by atoms with Crippen LogP contribution in [-0.2, 0) is 22.4 Å². The van der Waals surface area contributed by atoms with E-state index in [1.165, 1.54) is 25.3 Å². The molecule has 0 spiro atoms. The Morgan fingerprint density at radius 1 is 0.933 bits per heavy atom. The summed E-state index contributed by atoms with van der Waals surface area (Å²) in [6.07, 6.45) is 0.999. The smallest absolute Gasteiger partial charge is 0.339 e. The number of amides is 1. The fourth-order valence-corrected chi connectivity index (χ4v) is 3.86. The Bertz CT molecular complexity index is 1130. The highest BCUT2D eigenvalue weighted by atomic mass is 16.5. The van der Waals surface area contributed by atoms with E-state index in [2.05, 4.69) is 11.4 Å². The molecule has 0 aliphatic heterocycles. The highest BCUT2D eigenvalue weighted by Crippen LogP contribution is 2.33. The molecule has 1 atom stereocenters. The molecule has 0 saturated carbocycles. The maximum Gasteiger partial charge on any atom is 0.339 e. The first-order valence-electron chi connectivity index (χ1n) is 9.79. The minimum Gasteiger partial charge on any atom is -0.493 e. The molecule has 0 aromatic heterocycles. The summed E-state index contributed by atoms with van der Waals surface area (Å²) in [6, 6.07) is 14.8. The SMILES string of the molecule is COc1ccc(NC(=O)C(C)OC(=O)c2ccc3c4c(cccc24)CC3)cc1OC. The zero-order valence-electron chi connectivity index (χ0n) is 17.2. The quantitative estimate of drug-likeness (QED) is 0.624. The lowest BCUT2D eigenvalue weighted by Crippen LogP contribution is -2.30. The van der Waals surface area contributed by atoms with Gasteiger partial charge in [0.1, 0.15) is 0 Å². The van der Waals surface area contributed by atoms with Crippen molar-refractivity contribution in [1.29, 1.82) is 0 Å². The van der Waals surface area contributed by atoms with Crippen LogP contribution in [0.5, 0.6) is 11.5 Å². The number of hydrogen-bond acceptors (Lipinski definition) is 5. The molecule has 0 heterocycles. The molecule has 3 aromatic rings. The van der Waals surface area contributed by atoms with E-state index in [4.69, 9.17) is 14.2 Å². The fourth-order valence-electron chi connectivity index (χ4n) is 3.86. The van der Waals surface area contributed by atoms with E-state index in [1.807, 2.05) is 18.2 Å². The van der Waals surface area contributed by atoms with Crippen molar-refractivity contribution in [2.45, 2.75) is 25.9 Å². The second kappa shape index (κ2) is 8.06. The van der Waals surface area contributed by atoms with Crippen molar-refractivity contribution in [3.63, 3.8) is 0 Å². The maximum atomic E-state index is 12.8. The van der Waals surface area contributed by atoms with Crippen molar-refractivity contribution < 1.29 is 23.8 Å². The predicted molar refractivity (Wildman–Crippen MR) is 114 cm³/mol. The second-order valence-corrected chi connectivity index (χ2v) is 7.22. The Morgan fingerprint density at radius 3 is 2.40 bits per heavy atom. The van der Waals surface area contributed by atoms with Gasteiger partial charge in [0.25, 0.3) is 5.91 Å². The van der Waals surface area contributed by atoms with Gasteiger partial charge in [0.2, 0.25) is 0 Å². The Morgan fingerprint density at radius 2 is 1.67 bits per heavy atom. The first kappa shape index (κ1) is 19.8. The molecule has 0 saturated heterocycles. The van der Waals surface area contributed by atoms with Gasteiger partial charge in [0, 0.05) is 11.8 Å². The van der Waals surface area contributed by atoms with Crippen LogP contribution in [0.25, 0.3) is 10.8 Å². The van der Waals surface area contributed by atoms with Crippen molar-refractivity contribution in [1.82, 2.24) is 0 Å². The molecule has 0 bridgehead atoms. The van der Waals surface area contributed by atoms with E-state index in [9.17, 15) is 9.59 Å². The van der Waals surface area contributed by atoms with Crippen molar-refractivity contribution >= 4 is 28.3 Å². The summed E-state index contributed by atoms with van der Waals surface area (Å²) in [5, 5.41) is 4.75. The summed E-state index contributed by atoms with van der Waals surface area (Å²) in [6.45, 7) is 1.55. The van der Waals surface area contributed by atoms with Crippen LogP contribution in [0.4, 0.5) is 5.69 Å². The highest BCUT2D eigenvalue weighted by Gasteiger charge is 2.23. The van der Waals surface area contributed by atoms with Gasteiger partial charge in [-0.25, -0.2) is 4.79 Å². The fraction of sp³-hybridized carbons (Fsp3) is 0.250. The number of methoxy groups -OCH3 is 2. The first-order chi connectivity index (χ1) is 14.5. The van der Waals surface area contributed by atoms with Crippen LogP contribution >= 0.6 is 0 Å². The van der Waals surface area contributed by atoms with Gasteiger partial charge >= 0.3 is 5.97 Å². The third-order valence-electron chi connectivity index (χ3n) is 5.40. The van der Waals surface area contributed by atoms with E-state index in [1.54, 1.807) is 31.2 Å². The molecule has 154 valence electrons. The molecule has 6 nitrogen and oxygen atoms in total. The van der Waals surface area contributed by atoms with Gasteiger partial charge in [-0.3, -0.25) is 4.79 Å². The summed E-state index contributed by atoms with van der Waals surface area (Å²) >= 11 is 0. The molecule has 1 aliphatic carbocycles. The monoisotopic (exact) mass is 405 g/mol. The van der Waals surface area contributed by atoms with Gasteiger partial charge in [-0.1, -0.05) is 24.3 Å². The number of carbonyl (C=O) groups is 2. The third-order valence-corrected chi connectivity index (χ3v) is 5.40. The topological polar surface area (TPSA) is 73.9 Å². The zero-order valence-corrected chi connectivity index (χ0v) is 17.2. The van der Waals surface area contributed by atoms with Crippen LogP contribution in [-0.4, -0.2) is 32.2 Å². The molecule has 1 amide bonds. The molecule has 3 aromatic carbocycles. The van der Waals surface area contributed by atoms with Crippen LogP contribution in [0.3, 0.4) is 0 Å². The minimum absolute atomic E-state index is 0.429. The van der Waals surface area contributed by atoms with Gasteiger partial charge in [-0.05, 0) is 59.9 Å². The lowest BCUT2D eigenvalue weighted by molar-refractivity contribution is -0.123. The molecule has 0 fully saturated rings. The minimum atomic E-state index is -0.964. The third kappa shape index (κ3) is 3.56. The van der Waals surface area contributed by atoms with Gasteiger partial charge < -0.3 is 19.5 Å². The molecular formula is C24H23NO5. The number of rotatable bonds is 6. The number of anilines is 1. The van der Waals surface area contributed by atoms with Crippen LogP contribution in [0.15, 0.2) is 48.5 Å². The van der Waals surface area contributed by atoms with Gasteiger partial charge in [-0.2, -0.15) is 0 Å². The Labute approximate surface area is 174 Å². The summed E-state index contributed by atoms with van der Waals surface area (Å²) in [5.74, 6) is 0.108. The van der Waals surface area contributed by atoms with E-state index < -0.39 is 18.0 Å². The number of carbonyl (C=O) groups excluding carboxylic acids is 2. The van der Waals surface area contributed by atoms with E-state index in [-0.39, 0.29) is 0 Å². The zero-order chi connectivity index (χ0) is 21.3. The molecule has 4 rings (SSSR count). The van der Waals surface area contributed by atoms with Gasteiger partial charge in [0.15, 0.2) is 17.6 Å². The summed E-state index contributed by atoms with van der Waals surface area (Å²) in [4.78, 5) is 25.4. The van der Waals surface area contributed by atoms with Crippen molar-refractivity contribution in [2.75, 3.05) is 19.5 Å². The number of ether oxygens (including phenoxy) is 3. The molecule has 1 unspecified atom stereocenters. The predicted octanol–water partition coefficient (Wildman–Crippen LogP) is 4.14. The van der Waals surface area contributed by atoms with Crippen molar-refractivity contribution in [2.24, 2.45) is 0 Å². The number of nitrogens with one attached hydrogen (secondary N) is 1. The second-order valence-electron chi connectivity index (χ2n) is 7.22. The average molecular weight is 405 g/mol. The van der Waals surface area contributed by atoms with Crippen LogP contribution < -0.4 is 14.8 Å². The van der Waals surface area contributed by atoms with Crippen LogP contribution in [0.2, 0.25) is 0 Å². The number of benzene rings is 3. The maximum absolute atomic E-state index is 12.8. The van der Waals surface area contributed by atoms with Crippen molar-refractivity contribution in [3.8, 4) is 11.5 Å². The largest absolute Gasteiger partial charge is 0.493 e. The van der Waals surface area contributed by atoms with Gasteiger partial charge in [-0.15, -0.1) is 0 Å². The molecule has 6 heteroatoms. The molecule has 30 heavy (non-hydrogen) atoms. The number of hydrogen-bond donors (Lipinski definition) is 1. The highest BCUT2D eigenvalue weighted by molar-refractivity contribution is 6.08. The van der Waals surface area contributed by atoms with Crippen LogP contribution in [0, 0.1) is 0 Å². The summed E-state index contributed by atoms with van der Waals surface area (Å²) in [7, 11) is 3.06. The van der Waals surface area contributed by atoms with Gasteiger partial charge in [0.05, 0.1) is 19.8 Å². The number of esters is 1. The summed E-state index contributed by atoms with van der Waals surface area (Å²) in [5.41, 5.74) is 3.49. The van der Waals surface area contributed by atoms with Crippen molar-refractivity contribution in [3.05, 3.63) is 65.2 Å². The van der Waals surface area contributed by atoms with E-state index >= 15 is 0 Å². The van der Waals surface area contributed by atoms with E-state index in [0.717, 1.165) is 23.6 Å². The normalized spacial score (nSPS) is 13.0. The van der Waals surface area contributed by atoms with Crippen LogP contribution in [0.1, 0.15) is 28.4 Å². The Hall–Kier alpha value is -3.54. The summed E-state index contributed by atoms with van der Waals surface area (Å²) < 4.78 is 15.9. The molecule has 0 radical (unpaired) electrons. The average Bonchev–Trinajstić information content (AvgIpc) is 3.18. The first-order valence-corrected chi connectivity index (χ1v) is 9.79. The molecule has 1 aliphatic rings. The standard InChI is InChI=1S/C24H23NO5/c1-14(23(26)25-17-10-12-20(28-2)21(13-17)29-3)30-24(27)19-11-9-16-8-7-15-5-4-6-18(19)22(15)16/h4-6,9-14H,7-8H2,1-3H3,(H,25,26). The Kier molecular flexibility index (Phi) is 5.31. The molecular weight excluding hydrogens is 382 g/mol. The number of aryl methyl sites for hydroxylation is 2. The van der Waals surface area contributed by atoms with E-state index in [0.29, 0.717) is 22.7 Å². The molecule has 1 N–H and O–H groups in total.